The molecule has 1 aromatic heterocycles. The number of nitrogens with zero attached hydrogens (tertiary/aromatic N) is 1. The van der Waals surface area contributed by atoms with Crippen LogP contribution >= 0.6 is 23.1 Å². The number of anilines is 3. The molecule has 11 heteroatoms. The van der Waals surface area contributed by atoms with E-state index in [1.54, 1.807) is 53.9 Å². The van der Waals surface area contributed by atoms with Crippen LogP contribution < -0.4 is 16.0 Å². The molecule has 9 nitrogen and oxygen atoms in total. The summed E-state index contributed by atoms with van der Waals surface area (Å²) in [5.41, 5.74) is 2.88. The highest BCUT2D eigenvalue weighted by Gasteiger charge is 2.12. The molecule has 0 atom stereocenters. The number of amides is 3. The van der Waals surface area contributed by atoms with Crippen molar-refractivity contribution in [2.75, 3.05) is 28.3 Å². The van der Waals surface area contributed by atoms with Crippen molar-refractivity contribution in [3.05, 3.63) is 65.2 Å². The quantitative estimate of drug-likeness (QED) is 0.168. The predicted molar refractivity (Wildman–Crippen MR) is 146 cm³/mol. The van der Waals surface area contributed by atoms with Crippen molar-refractivity contribution in [1.29, 1.82) is 0 Å². The fraction of sp³-hybridized carbons (Fsp3) is 0.269. The molecule has 3 rings (SSSR count). The van der Waals surface area contributed by atoms with Gasteiger partial charge in [-0.1, -0.05) is 25.1 Å². The van der Waals surface area contributed by atoms with Crippen LogP contribution in [0.2, 0.25) is 0 Å². The number of nitrogens with one attached hydrogen (secondary N) is 3. The van der Waals surface area contributed by atoms with Gasteiger partial charge < -0.3 is 20.7 Å². The number of hydrogen-bond donors (Lipinski definition) is 3. The van der Waals surface area contributed by atoms with Crippen LogP contribution in [0.25, 0.3) is 0 Å². The van der Waals surface area contributed by atoms with E-state index >= 15 is 0 Å². The number of carbonyl (C=O) groups excluding carboxylic acids is 4. The lowest BCUT2D eigenvalue weighted by Crippen LogP contribution is -2.15. The van der Waals surface area contributed by atoms with Gasteiger partial charge in [0.1, 0.15) is 0 Å². The summed E-state index contributed by atoms with van der Waals surface area (Å²) in [6.45, 7) is 3.84. The minimum absolute atomic E-state index is 0.0880. The van der Waals surface area contributed by atoms with Gasteiger partial charge in [0, 0.05) is 29.4 Å². The van der Waals surface area contributed by atoms with Gasteiger partial charge in [0.2, 0.25) is 17.7 Å². The highest BCUT2D eigenvalue weighted by molar-refractivity contribution is 8.01. The maximum Gasteiger partial charge on any atom is 0.338 e. The Morgan fingerprint density at radius 2 is 1.49 bits per heavy atom. The molecule has 1 heterocycles. The van der Waals surface area contributed by atoms with E-state index in [0.29, 0.717) is 39.3 Å². The van der Waals surface area contributed by atoms with E-state index in [0.717, 1.165) is 12.8 Å². The highest BCUT2D eigenvalue weighted by atomic mass is 32.2. The van der Waals surface area contributed by atoms with E-state index in [4.69, 9.17) is 4.74 Å². The summed E-state index contributed by atoms with van der Waals surface area (Å²) in [5, 5.41) is 10.0. The summed E-state index contributed by atoms with van der Waals surface area (Å²) in [6.07, 6.45) is 1.86. The van der Waals surface area contributed by atoms with Crippen LogP contribution in [0.3, 0.4) is 0 Å². The normalized spacial score (nSPS) is 10.4. The van der Waals surface area contributed by atoms with Crippen molar-refractivity contribution in [3.8, 4) is 0 Å². The van der Waals surface area contributed by atoms with Crippen molar-refractivity contribution in [3.63, 3.8) is 0 Å². The molecule has 0 aliphatic rings. The monoisotopic (exact) mass is 540 g/mol. The van der Waals surface area contributed by atoms with Crippen LogP contribution in [-0.2, 0) is 25.5 Å². The van der Waals surface area contributed by atoms with Crippen molar-refractivity contribution in [1.82, 2.24) is 4.98 Å². The molecular formula is C26H28N4O5S2. The average Bonchev–Trinajstić information content (AvgIpc) is 3.31. The number of esters is 1. The average molecular weight is 541 g/mol. The van der Waals surface area contributed by atoms with E-state index in [2.05, 4.69) is 20.9 Å². The Kier molecular flexibility index (Phi) is 10.7. The van der Waals surface area contributed by atoms with Crippen molar-refractivity contribution < 1.29 is 23.9 Å². The molecule has 2 aromatic carbocycles. The third-order valence-corrected chi connectivity index (χ3v) is 6.89. The van der Waals surface area contributed by atoms with E-state index < -0.39 is 0 Å². The Bertz CT molecular complexity index is 1230. The topological polar surface area (TPSA) is 126 Å². The van der Waals surface area contributed by atoms with Gasteiger partial charge in [-0.2, -0.15) is 0 Å². The minimum Gasteiger partial charge on any atom is -0.462 e. The molecule has 0 aliphatic carbocycles. The molecule has 3 amide bonds. The zero-order valence-electron chi connectivity index (χ0n) is 20.5. The fourth-order valence-electron chi connectivity index (χ4n) is 3.05. The van der Waals surface area contributed by atoms with Gasteiger partial charge in [0.25, 0.3) is 0 Å². The Hall–Kier alpha value is -3.70. The molecule has 3 aromatic rings. The zero-order valence-corrected chi connectivity index (χ0v) is 22.2. The van der Waals surface area contributed by atoms with Gasteiger partial charge in [0.05, 0.1) is 30.0 Å². The minimum atomic E-state index is -0.382. The van der Waals surface area contributed by atoms with E-state index in [1.807, 2.05) is 6.92 Å². The van der Waals surface area contributed by atoms with Gasteiger partial charge in [-0.25, -0.2) is 9.78 Å². The molecule has 194 valence electrons. The second-order valence-electron chi connectivity index (χ2n) is 7.99. The van der Waals surface area contributed by atoms with E-state index in [-0.39, 0.29) is 35.9 Å². The Labute approximate surface area is 223 Å². The molecule has 0 unspecified atom stereocenters. The molecular weight excluding hydrogens is 512 g/mol. The third-order valence-electron chi connectivity index (χ3n) is 4.82. The van der Waals surface area contributed by atoms with E-state index in [1.165, 1.54) is 30.0 Å². The molecule has 0 fully saturated rings. The maximum atomic E-state index is 12.4. The predicted octanol–water partition coefficient (Wildman–Crippen LogP) is 4.97. The highest BCUT2D eigenvalue weighted by Crippen LogP contribution is 2.23. The summed E-state index contributed by atoms with van der Waals surface area (Å²) in [5.74, 6) is -0.805. The number of carbonyl (C=O) groups is 4. The van der Waals surface area contributed by atoms with Crippen LogP contribution in [0, 0.1) is 0 Å². The standard InChI is InChI=1S/C26H28N4O5S2/c1-3-4-13-35-25(34)18-5-7-20(8-6-18)28-23(32)14-22-15-36-26(30-22)37-16-24(33)29-21-11-9-19(10-12-21)27-17(2)31/h5-12,15H,3-4,13-14,16H2,1-2H3,(H,27,31)(H,28,32)(H,29,33). The molecule has 0 radical (unpaired) electrons. The third kappa shape index (κ3) is 9.70. The van der Waals surface area contributed by atoms with Crippen LogP contribution in [0.1, 0.15) is 42.7 Å². The molecule has 0 saturated heterocycles. The summed E-state index contributed by atoms with van der Waals surface area (Å²) in [4.78, 5) is 52.1. The lowest BCUT2D eigenvalue weighted by Gasteiger charge is -2.07. The van der Waals surface area contributed by atoms with Crippen molar-refractivity contribution in [2.45, 2.75) is 37.4 Å². The van der Waals surface area contributed by atoms with Gasteiger partial charge in [0.15, 0.2) is 4.34 Å². The first kappa shape index (κ1) is 27.9. The lowest BCUT2D eigenvalue weighted by molar-refractivity contribution is -0.116. The number of unbranched alkanes of at least 4 members (excludes halogenated alkanes) is 1. The van der Waals surface area contributed by atoms with Crippen molar-refractivity contribution in [2.24, 2.45) is 0 Å². The molecule has 0 aliphatic heterocycles. The maximum absolute atomic E-state index is 12.4. The number of hydrogen-bond acceptors (Lipinski definition) is 8. The Balaban J connectivity index is 1.41. The zero-order chi connectivity index (χ0) is 26.6. The fourth-order valence-corrected chi connectivity index (χ4v) is 4.70. The Morgan fingerprint density at radius 3 is 2.11 bits per heavy atom. The van der Waals surface area contributed by atoms with Crippen molar-refractivity contribution >= 4 is 63.9 Å². The number of rotatable bonds is 12. The summed E-state index contributed by atoms with van der Waals surface area (Å²) in [7, 11) is 0. The number of aromatic nitrogens is 1. The first-order chi connectivity index (χ1) is 17.8. The number of ether oxygens (including phenoxy) is 1. The number of thioether (sulfide) groups is 1. The van der Waals surface area contributed by atoms with E-state index in [9.17, 15) is 19.2 Å². The second-order valence-corrected chi connectivity index (χ2v) is 10.1. The lowest BCUT2D eigenvalue weighted by atomic mass is 10.2. The molecule has 0 saturated carbocycles. The first-order valence-electron chi connectivity index (χ1n) is 11.6. The summed E-state index contributed by atoms with van der Waals surface area (Å²) < 4.78 is 5.86. The Morgan fingerprint density at radius 1 is 0.892 bits per heavy atom. The van der Waals surface area contributed by atoms with Gasteiger partial charge in [-0.15, -0.1) is 11.3 Å². The van der Waals surface area contributed by atoms with Crippen LogP contribution in [-0.4, -0.2) is 41.0 Å². The first-order valence-corrected chi connectivity index (χ1v) is 13.5. The largest absolute Gasteiger partial charge is 0.462 e. The SMILES string of the molecule is CCCCOC(=O)c1ccc(NC(=O)Cc2csc(SCC(=O)Nc3ccc(NC(C)=O)cc3)n2)cc1. The smallest absolute Gasteiger partial charge is 0.338 e. The van der Waals surface area contributed by atoms with Gasteiger partial charge in [-0.05, 0) is 55.0 Å². The summed E-state index contributed by atoms with van der Waals surface area (Å²) >= 11 is 2.65. The molecule has 3 N–H and O–H groups in total. The van der Waals surface area contributed by atoms with Crippen LogP contribution in [0.4, 0.5) is 17.1 Å². The van der Waals surface area contributed by atoms with Gasteiger partial charge in [-0.3, -0.25) is 14.4 Å². The second kappa shape index (κ2) is 14.1. The molecule has 0 spiro atoms. The molecule has 37 heavy (non-hydrogen) atoms. The number of benzene rings is 2. The number of thiazole rings is 1. The van der Waals surface area contributed by atoms with Crippen LogP contribution in [0.5, 0.6) is 0 Å². The van der Waals surface area contributed by atoms with Gasteiger partial charge >= 0.3 is 5.97 Å². The van der Waals surface area contributed by atoms with Crippen LogP contribution in [0.15, 0.2) is 58.3 Å². The molecule has 0 bridgehead atoms. The summed E-state index contributed by atoms with van der Waals surface area (Å²) in [6, 6.07) is 13.4.